The lowest BCUT2D eigenvalue weighted by molar-refractivity contribution is 0.0931. The molecule has 0 aliphatic carbocycles. The molecule has 1 aliphatic rings. The summed E-state index contributed by atoms with van der Waals surface area (Å²) < 4.78 is 23.9. The maximum Gasteiger partial charge on any atom is 0.252 e. The summed E-state index contributed by atoms with van der Waals surface area (Å²) in [7, 11) is 6.25. The van der Waals surface area contributed by atoms with E-state index in [1.165, 1.54) is 21.3 Å². The summed E-state index contributed by atoms with van der Waals surface area (Å²) in [6, 6.07) is 11.5. The highest BCUT2D eigenvalue weighted by Gasteiger charge is 2.30. The van der Waals surface area contributed by atoms with Crippen LogP contribution in [0.15, 0.2) is 36.4 Å². The number of fused-ring (bicyclic) bond motifs is 1. The first-order chi connectivity index (χ1) is 16.0. The van der Waals surface area contributed by atoms with E-state index in [0.717, 1.165) is 28.9 Å². The molecule has 1 fully saturated rings. The molecule has 2 atom stereocenters. The molecule has 9 heteroatoms. The minimum atomic E-state index is -0.258. The molecule has 0 radical (unpaired) electrons. The summed E-state index contributed by atoms with van der Waals surface area (Å²) in [5, 5.41) is 4.10. The van der Waals surface area contributed by atoms with Gasteiger partial charge in [-0.25, -0.2) is 10.9 Å². The lowest BCUT2D eigenvalue weighted by atomic mass is 10.1. The second-order valence-electron chi connectivity index (χ2n) is 7.72. The molecule has 2 unspecified atom stereocenters. The van der Waals surface area contributed by atoms with Gasteiger partial charge in [-0.05, 0) is 37.3 Å². The Morgan fingerprint density at radius 1 is 1.00 bits per heavy atom. The number of rotatable bonds is 8. The zero-order chi connectivity index (χ0) is 23.5. The van der Waals surface area contributed by atoms with Crippen molar-refractivity contribution in [3.05, 3.63) is 47.7 Å². The summed E-state index contributed by atoms with van der Waals surface area (Å²) in [5.41, 5.74) is 9.19. The molecular formula is C24H30N4O5. The predicted octanol–water partition coefficient (Wildman–Crippen LogP) is 2.99. The van der Waals surface area contributed by atoms with E-state index in [1.54, 1.807) is 19.2 Å². The molecule has 0 bridgehead atoms. The van der Waals surface area contributed by atoms with Gasteiger partial charge in [-0.15, -0.1) is 0 Å². The molecule has 0 spiro atoms. The van der Waals surface area contributed by atoms with Crippen molar-refractivity contribution in [3.8, 4) is 23.0 Å². The lowest BCUT2D eigenvalue weighted by Crippen LogP contribution is -2.44. The highest BCUT2D eigenvalue weighted by Crippen LogP contribution is 2.38. The molecule has 0 saturated carbocycles. The fourth-order valence-electron chi connectivity index (χ4n) is 4.40. The molecule has 4 rings (SSSR count). The van der Waals surface area contributed by atoms with Gasteiger partial charge in [-0.3, -0.25) is 4.79 Å². The number of methoxy groups -OCH3 is 4. The molecule has 2 heterocycles. The number of amides is 1. The number of hydrazine groups is 1. The number of nitrogens with one attached hydrogen (secondary N) is 3. The third kappa shape index (κ3) is 4.17. The largest absolute Gasteiger partial charge is 0.496 e. The van der Waals surface area contributed by atoms with E-state index in [0.29, 0.717) is 29.2 Å². The van der Waals surface area contributed by atoms with Crippen molar-refractivity contribution in [2.45, 2.75) is 32.1 Å². The van der Waals surface area contributed by atoms with Crippen molar-refractivity contribution in [2.75, 3.05) is 28.4 Å². The Balaban J connectivity index is 1.53. The van der Waals surface area contributed by atoms with Crippen molar-refractivity contribution in [1.29, 1.82) is 0 Å². The number of hydrogen-bond donors (Lipinski definition) is 3. The van der Waals surface area contributed by atoms with E-state index in [4.69, 9.17) is 18.9 Å². The van der Waals surface area contributed by atoms with E-state index in [1.807, 2.05) is 12.1 Å². The SMILES string of the molecule is CCn1c(C2CC(NC(=O)c3cc(OC)c(OC)c(OC)c3)NN2)cc2c(OC)cccc21. The van der Waals surface area contributed by atoms with E-state index in [-0.39, 0.29) is 18.1 Å². The minimum absolute atomic E-state index is 0.0206. The van der Waals surface area contributed by atoms with Crippen molar-refractivity contribution >= 4 is 16.8 Å². The van der Waals surface area contributed by atoms with Crippen LogP contribution in [0.5, 0.6) is 23.0 Å². The zero-order valence-electron chi connectivity index (χ0n) is 19.5. The van der Waals surface area contributed by atoms with Gasteiger partial charge < -0.3 is 28.8 Å². The van der Waals surface area contributed by atoms with Gasteiger partial charge in [0.25, 0.3) is 5.91 Å². The van der Waals surface area contributed by atoms with Crippen molar-refractivity contribution in [3.63, 3.8) is 0 Å². The number of carbonyl (C=O) groups excluding carboxylic acids is 1. The number of hydrogen-bond acceptors (Lipinski definition) is 7. The molecule has 33 heavy (non-hydrogen) atoms. The number of aromatic nitrogens is 1. The lowest BCUT2D eigenvalue weighted by Gasteiger charge is -2.16. The van der Waals surface area contributed by atoms with Gasteiger partial charge in [0.2, 0.25) is 5.75 Å². The van der Waals surface area contributed by atoms with Gasteiger partial charge in [-0.2, -0.15) is 0 Å². The molecular weight excluding hydrogens is 424 g/mol. The molecule has 1 amide bonds. The first-order valence-corrected chi connectivity index (χ1v) is 10.8. The summed E-state index contributed by atoms with van der Waals surface area (Å²) in [5.74, 6) is 1.91. The van der Waals surface area contributed by atoms with Crippen LogP contribution >= 0.6 is 0 Å². The van der Waals surface area contributed by atoms with Gasteiger partial charge in [0.1, 0.15) is 5.75 Å². The first-order valence-electron chi connectivity index (χ1n) is 10.8. The number of carbonyl (C=O) groups is 1. The maximum atomic E-state index is 13.0. The number of benzene rings is 2. The molecule has 3 N–H and O–H groups in total. The molecule has 3 aromatic rings. The molecule has 1 saturated heterocycles. The summed E-state index contributed by atoms with van der Waals surface area (Å²) in [6.45, 7) is 2.95. The van der Waals surface area contributed by atoms with E-state index in [2.05, 4.69) is 39.8 Å². The van der Waals surface area contributed by atoms with Crippen LogP contribution in [0.3, 0.4) is 0 Å². The van der Waals surface area contributed by atoms with Gasteiger partial charge in [0.05, 0.1) is 46.2 Å². The molecule has 1 aliphatic heterocycles. The molecule has 2 aromatic carbocycles. The third-order valence-corrected chi connectivity index (χ3v) is 5.97. The smallest absolute Gasteiger partial charge is 0.252 e. The fraction of sp³-hybridized carbons (Fsp3) is 0.375. The van der Waals surface area contributed by atoms with Crippen LogP contribution in [-0.2, 0) is 6.54 Å². The summed E-state index contributed by atoms with van der Waals surface area (Å²) in [6.07, 6.45) is 0.418. The van der Waals surface area contributed by atoms with Crippen molar-refractivity contribution in [1.82, 2.24) is 20.7 Å². The van der Waals surface area contributed by atoms with Gasteiger partial charge >= 0.3 is 0 Å². The Hall–Kier alpha value is -3.43. The quantitative estimate of drug-likeness (QED) is 0.482. The topological polar surface area (TPSA) is 95.0 Å². The molecule has 1 aromatic heterocycles. The first kappa shape index (κ1) is 22.8. The summed E-state index contributed by atoms with van der Waals surface area (Å²) in [4.78, 5) is 13.0. The Kier molecular flexibility index (Phi) is 6.62. The van der Waals surface area contributed by atoms with Crippen LogP contribution < -0.4 is 35.1 Å². The Morgan fingerprint density at radius 2 is 1.70 bits per heavy atom. The predicted molar refractivity (Wildman–Crippen MR) is 125 cm³/mol. The maximum absolute atomic E-state index is 13.0. The van der Waals surface area contributed by atoms with E-state index < -0.39 is 0 Å². The van der Waals surface area contributed by atoms with Crippen LogP contribution in [0.4, 0.5) is 0 Å². The Morgan fingerprint density at radius 3 is 2.30 bits per heavy atom. The zero-order valence-corrected chi connectivity index (χ0v) is 19.5. The van der Waals surface area contributed by atoms with Crippen LogP contribution in [0, 0.1) is 0 Å². The summed E-state index contributed by atoms with van der Waals surface area (Å²) >= 11 is 0. The Labute approximate surface area is 192 Å². The second-order valence-corrected chi connectivity index (χ2v) is 7.72. The van der Waals surface area contributed by atoms with Crippen molar-refractivity contribution in [2.24, 2.45) is 0 Å². The van der Waals surface area contributed by atoms with Crippen LogP contribution in [0.1, 0.15) is 35.4 Å². The van der Waals surface area contributed by atoms with Crippen LogP contribution in [0.2, 0.25) is 0 Å². The van der Waals surface area contributed by atoms with E-state index in [9.17, 15) is 4.79 Å². The van der Waals surface area contributed by atoms with Crippen molar-refractivity contribution < 1.29 is 23.7 Å². The second kappa shape index (κ2) is 9.60. The average Bonchev–Trinajstić information content (AvgIpc) is 3.46. The molecule has 9 nitrogen and oxygen atoms in total. The van der Waals surface area contributed by atoms with Gasteiger partial charge in [-0.1, -0.05) is 6.07 Å². The van der Waals surface area contributed by atoms with Crippen LogP contribution in [0.25, 0.3) is 10.9 Å². The van der Waals surface area contributed by atoms with Gasteiger partial charge in [0.15, 0.2) is 11.5 Å². The average molecular weight is 455 g/mol. The number of nitrogens with zero attached hydrogens (tertiary/aromatic N) is 1. The Bertz CT molecular complexity index is 1130. The fourth-order valence-corrected chi connectivity index (χ4v) is 4.40. The standard InChI is InChI=1S/C24H30N4O5/c1-6-28-17-8-7-9-19(30-2)15(17)12-18(28)16-13-22(27-26-16)25-24(29)14-10-20(31-3)23(33-5)21(11-14)32-4/h7-12,16,22,26-27H,6,13H2,1-5H3,(H,25,29). The number of aryl methyl sites for hydroxylation is 1. The third-order valence-electron chi connectivity index (χ3n) is 5.97. The highest BCUT2D eigenvalue weighted by atomic mass is 16.5. The number of ether oxygens (including phenoxy) is 4. The van der Waals surface area contributed by atoms with Gasteiger partial charge in [0, 0.05) is 29.6 Å². The minimum Gasteiger partial charge on any atom is -0.496 e. The van der Waals surface area contributed by atoms with E-state index >= 15 is 0 Å². The highest BCUT2D eigenvalue weighted by molar-refractivity contribution is 5.96. The van der Waals surface area contributed by atoms with Crippen LogP contribution in [-0.4, -0.2) is 45.1 Å². The molecule has 176 valence electrons. The monoisotopic (exact) mass is 454 g/mol. The normalized spacial score (nSPS) is 17.7.